The van der Waals surface area contributed by atoms with Crippen LogP contribution in [0.15, 0.2) is 55.0 Å². The molecule has 28 heavy (non-hydrogen) atoms. The summed E-state index contributed by atoms with van der Waals surface area (Å²) in [4.78, 5) is 28.4. The van der Waals surface area contributed by atoms with Crippen molar-refractivity contribution >= 4 is 17.5 Å². The Hall–Kier alpha value is -3.68. The van der Waals surface area contributed by atoms with Crippen LogP contribution in [0.4, 0.5) is 5.69 Å². The van der Waals surface area contributed by atoms with E-state index in [0.717, 1.165) is 18.5 Å². The smallest absolute Gasteiger partial charge is 0.313 e. The van der Waals surface area contributed by atoms with Gasteiger partial charge in [0.1, 0.15) is 11.5 Å². The van der Waals surface area contributed by atoms with Crippen LogP contribution in [-0.4, -0.2) is 33.0 Å². The molecule has 2 amide bonds. The highest BCUT2D eigenvalue weighted by molar-refractivity contribution is 6.39. The van der Waals surface area contributed by atoms with Gasteiger partial charge in [0.25, 0.3) is 0 Å². The van der Waals surface area contributed by atoms with Crippen LogP contribution in [0.5, 0.6) is 11.5 Å². The van der Waals surface area contributed by atoms with E-state index >= 15 is 0 Å². The number of aromatic nitrogens is 3. The Morgan fingerprint density at radius 3 is 2.82 bits per heavy atom. The number of carbonyl (C=O) groups excluding carboxylic acids is 2. The third-order valence-corrected chi connectivity index (χ3v) is 4.54. The van der Waals surface area contributed by atoms with E-state index in [1.807, 2.05) is 0 Å². The Balaban J connectivity index is 1.34. The molecule has 0 bridgehead atoms. The Bertz CT molecular complexity index is 986. The van der Waals surface area contributed by atoms with Crippen molar-refractivity contribution in [2.75, 3.05) is 5.32 Å². The normalized spacial score (nSPS) is 15.4. The maximum Gasteiger partial charge on any atom is 0.313 e. The monoisotopic (exact) mass is 377 g/mol. The quantitative estimate of drug-likeness (QED) is 0.604. The zero-order chi connectivity index (χ0) is 19.3. The second-order valence-electron chi connectivity index (χ2n) is 6.55. The number of ether oxygens (including phenoxy) is 1. The van der Waals surface area contributed by atoms with Crippen LogP contribution in [0, 0.1) is 0 Å². The lowest BCUT2D eigenvalue weighted by Gasteiger charge is -2.22. The molecule has 0 spiro atoms. The molecular weight excluding hydrogens is 358 g/mol. The Morgan fingerprint density at radius 2 is 1.96 bits per heavy atom. The van der Waals surface area contributed by atoms with Crippen LogP contribution in [0.1, 0.15) is 17.7 Å². The highest BCUT2D eigenvalue weighted by Crippen LogP contribution is 2.23. The van der Waals surface area contributed by atoms with Gasteiger partial charge in [-0.2, -0.15) is 5.10 Å². The van der Waals surface area contributed by atoms with Crippen LogP contribution >= 0.6 is 0 Å². The fourth-order valence-corrected chi connectivity index (χ4v) is 3.15. The van der Waals surface area contributed by atoms with E-state index < -0.39 is 11.8 Å². The number of amides is 2. The number of rotatable bonds is 4. The fourth-order valence-electron chi connectivity index (χ4n) is 3.15. The first-order valence-electron chi connectivity index (χ1n) is 8.98. The number of carbonyl (C=O) groups is 2. The molecule has 1 atom stereocenters. The summed E-state index contributed by atoms with van der Waals surface area (Å²) in [6.45, 7) is 0. The lowest BCUT2D eigenvalue weighted by atomic mass is 9.94. The number of hydrogen-bond donors (Lipinski definition) is 3. The van der Waals surface area contributed by atoms with Gasteiger partial charge >= 0.3 is 11.8 Å². The minimum atomic E-state index is -0.712. The second kappa shape index (κ2) is 7.91. The predicted molar refractivity (Wildman–Crippen MR) is 102 cm³/mol. The minimum absolute atomic E-state index is 0.0902. The predicted octanol–water partition coefficient (Wildman–Crippen LogP) is 2.21. The number of pyridine rings is 1. The fraction of sp³-hybridized carbons (Fsp3) is 0.200. The van der Waals surface area contributed by atoms with E-state index in [0.29, 0.717) is 23.6 Å². The molecule has 1 aliphatic rings. The summed E-state index contributed by atoms with van der Waals surface area (Å²) in [5, 5.41) is 12.3. The average Bonchev–Trinajstić information content (AvgIpc) is 3.17. The molecule has 1 unspecified atom stereocenters. The van der Waals surface area contributed by atoms with E-state index in [-0.39, 0.29) is 6.04 Å². The first kappa shape index (κ1) is 17.7. The summed E-state index contributed by atoms with van der Waals surface area (Å²) >= 11 is 0. The first-order chi connectivity index (χ1) is 13.7. The second-order valence-corrected chi connectivity index (χ2v) is 6.55. The van der Waals surface area contributed by atoms with Crippen molar-refractivity contribution in [3.05, 3.63) is 66.2 Å². The number of hydrogen-bond acceptors (Lipinski definition) is 5. The van der Waals surface area contributed by atoms with Gasteiger partial charge in [-0.05, 0) is 42.7 Å². The van der Waals surface area contributed by atoms with Gasteiger partial charge in [-0.25, -0.2) is 0 Å². The highest BCUT2D eigenvalue weighted by Gasteiger charge is 2.24. The van der Waals surface area contributed by atoms with E-state index in [9.17, 15) is 9.59 Å². The van der Waals surface area contributed by atoms with Crippen LogP contribution in [-0.2, 0) is 22.4 Å². The van der Waals surface area contributed by atoms with Crippen LogP contribution in [0.2, 0.25) is 0 Å². The molecule has 1 aliphatic carbocycles. The Kier molecular flexibility index (Phi) is 5.01. The Labute approximate surface area is 161 Å². The maximum absolute atomic E-state index is 12.3. The summed E-state index contributed by atoms with van der Waals surface area (Å²) in [6, 6.07) is 10.2. The lowest BCUT2D eigenvalue weighted by molar-refractivity contribution is -0.136. The largest absolute Gasteiger partial charge is 0.457 e. The van der Waals surface area contributed by atoms with Crippen molar-refractivity contribution in [2.45, 2.75) is 25.3 Å². The highest BCUT2D eigenvalue weighted by atomic mass is 16.5. The van der Waals surface area contributed by atoms with E-state index in [4.69, 9.17) is 4.74 Å². The third-order valence-electron chi connectivity index (χ3n) is 4.54. The topological polar surface area (TPSA) is 109 Å². The van der Waals surface area contributed by atoms with Crippen molar-refractivity contribution in [1.82, 2.24) is 20.5 Å². The van der Waals surface area contributed by atoms with E-state index in [1.54, 1.807) is 55.0 Å². The molecule has 3 aromatic rings. The number of benzene rings is 1. The molecular formula is C20H19N5O3. The van der Waals surface area contributed by atoms with Gasteiger partial charge in [-0.15, -0.1) is 0 Å². The first-order valence-corrected chi connectivity index (χ1v) is 8.98. The number of aromatic amines is 1. The molecule has 2 aromatic heterocycles. The van der Waals surface area contributed by atoms with Crippen LogP contribution < -0.4 is 15.4 Å². The summed E-state index contributed by atoms with van der Waals surface area (Å²) in [5.41, 5.74) is 2.66. The molecule has 0 fully saturated rings. The van der Waals surface area contributed by atoms with Gasteiger partial charge in [-0.3, -0.25) is 19.7 Å². The number of aryl methyl sites for hydroxylation is 1. The molecule has 4 rings (SSSR count). The SMILES string of the molecule is O=C(Nc1cccc(Oc2ccncc2)c1)C(=O)NC1CCc2cn[nH]c2C1. The van der Waals surface area contributed by atoms with E-state index in [2.05, 4.69) is 25.8 Å². The summed E-state index contributed by atoms with van der Waals surface area (Å²) in [7, 11) is 0. The van der Waals surface area contributed by atoms with Gasteiger partial charge in [0.05, 0.1) is 6.20 Å². The van der Waals surface area contributed by atoms with Crippen molar-refractivity contribution in [3.8, 4) is 11.5 Å². The molecule has 8 nitrogen and oxygen atoms in total. The number of fused-ring (bicyclic) bond motifs is 1. The molecule has 0 aliphatic heterocycles. The number of H-pyrrole nitrogens is 1. The minimum Gasteiger partial charge on any atom is -0.457 e. The van der Waals surface area contributed by atoms with Gasteiger partial charge in [0.2, 0.25) is 0 Å². The molecule has 0 radical (unpaired) electrons. The number of nitrogens with zero attached hydrogens (tertiary/aromatic N) is 2. The molecule has 0 saturated heterocycles. The van der Waals surface area contributed by atoms with Crippen LogP contribution in [0.3, 0.4) is 0 Å². The standard InChI is InChI=1S/C20H19N5O3/c26-19(20(27)24-15-5-4-13-12-22-25-18(13)11-15)23-14-2-1-3-17(10-14)28-16-6-8-21-9-7-16/h1-3,6-10,12,15H,4-5,11H2,(H,22,25)(H,23,26)(H,24,27). The number of nitrogens with one attached hydrogen (secondary N) is 3. The Morgan fingerprint density at radius 1 is 1.11 bits per heavy atom. The van der Waals surface area contributed by atoms with Gasteiger partial charge in [-0.1, -0.05) is 6.07 Å². The summed E-state index contributed by atoms with van der Waals surface area (Å²) in [5.74, 6) is -0.194. The molecule has 8 heteroatoms. The molecule has 1 aromatic carbocycles. The molecule has 142 valence electrons. The summed E-state index contributed by atoms with van der Waals surface area (Å²) in [6.07, 6.45) is 7.31. The van der Waals surface area contributed by atoms with Gasteiger partial charge < -0.3 is 15.4 Å². The van der Waals surface area contributed by atoms with Crippen molar-refractivity contribution < 1.29 is 14.3 Å². The zero-order valence-electron chi connectivity index (χ0n) is 15.0. The van der Waals surface area contributed by atoms with Crippen molar-refractivity contribution in [3.63, 3.8) is 0 Å². The lowest BCUT2D eigenvalue weighted by Crippen LogP contribution is -2.44. The van der Waals surface area contributed by atoms with Crippen molar-refractivity contribution in [2.24, 2.45) is 0 Å². The van der Waals surface area contributed by atoms with Crippen LogP contribution in [0.25, 0.3) is 0 Å². The third kappa shape index (κ3) is 4.17. The number of anilines is 1. The molecule has 0 saturated carbocycles. The zero-order valence-corrected chi connectivity index (χ0v) is 15.0. The maximum atomic E-state index is 12.3. The molecule has 3 N–H and O–H groups in total. The van der Waals surface area contributed by atoms with Crippen molar-refractivity contribution in [1.29, 1.82) is 0 Å². The van der Waals surface area contributed by atoms with Gasteiger partial charge in [0, 0.05) is 42.3 Å². The van der Waals surface area contributed by atoms with Gasteiger partial charge in [0.15, 0.2) is 0 Å². The van der Waals surface area contributed by atoms with E-state index in [1.165, 1.54) is 5.56 Å². The summed E-state index contributed by atoms with van der Waals surface area (Å²) < 4.78 is 5.71. The molecule has 2 heterocycles. The average molecular weight is 377 g/mol.